The van der Waals surface area contributed by atoms with Gasteiger partial charge in [-0.1, -0.05) is 12.1 Å². The minimum absolute atomic E-state index is 0.170. The van der Waals surface area contributed by atoms with E-state index >= 15 is 0 Å². The monoisotopic (exact) mass is 289 g/mol. The normalized spacial score (nSPS) is 15.8. The van der Waals surface area contributed by atoms with E-state index in [0.717, 1.165) is 42.5 Å². The fourth-order valence-electron chi connectivity index (χ4n) is 2.86. The lowest BCUT2D eigenvalue weighted by atomic mass is 10.1. The largest absolute Gasteiger partial charge is 0.341 e. The van der Waals surface area contributed by atoms with Gasteiger partial charge in [-0.3, -0.25) is 4.79 Å². The van der Waals surface area contributed by atoms with E-state index in [1.165, 1.54) is 6.42 Å². The first kappa shape index (κ1) is 13.4. The first-order valence-electron chi connectivity index (χ1n) is 7.13. The van der Waals surface area contributed by atoms with Crippen molar-refractivity contribution in [2.24, 2.45) is 0 Å². The molecular formula is C15H19N3OS. The summed E-state index contributed by atoms with van der Waals surface area (Å²) in [4.78, 5) is 17.6. The zero-order valence-corrected chi connectivity index (χ0v) is 12.5. The molecule has 3 rings (SSSR count). The van der Waals surface area contributed by atoms with Crippen molar-refractivity contribution in [2.45, 2.75) is 32.7 Å². The molecule has 4 nitrogen and oxygen atoms in total. The van der Waals surface area contributed by atoms with Crippen LogP contribution < -0.4 is 0 Å². The smallest absolute Gasteiger partial charge is 0.242 e. The zero-order valence-electron chi connectivity index (χ0n) is 11.7. The van der Waals surface area contributed by atoms with E-state index in [-0.39, 0.29) is 5.91 Å². The van der Waals surface area contributed by atoms with Crippen molar-refractivity contribution < 1.29 is 4.79 Å². The molecule has 1 aliphatic rings. The van der Waals surface area contributed by atoms with Gasteiger partial charge in [-0.05, 0) is 50.0 Å². The second-order valence-electron chi connectivity index (χ2n) is 5.43. The predicted molar refractivity (Wildman–Crippen MR) is 82.3 cm³/mol. The molecule has 2 heterocycles. The lowest BCUT2D eigenvalue weighted by Crippen LogP contribution is -2.37. The van der Waals surface area contributed by atoms with Crippen molar-refractivity contribution in [1.82, 2.24) is 14.5 Å². The maximum Gasteiger partial charge on any atom is 0.242 e. The molecule has 0 atom stereocenters. The van der Waals surface area contributed by atoms with E-state index < -0.39 is 0 Å². The van der Waals surface area contributed by atoms with Crippen molar-refractivity contribution >= 4 is 29.2 Å². The van der Waals surface area contributed by atoms with E-state index in [2.05, 4.69) is 4.98 Å². The molecule has 106 valence electrons. The number of H-pyrrole nitrogens is 1. The molecule has 20 heavy (non-hydrogen) atoms. The van der Waals surface area contributed by atoms with Crippen LogP contribution in [-0.4, -0.2) is 33.4 Å². The number of aryl methyl sites for hydroxylation is 1. The Morgan fingerprint density at radius 1 is 1.30 bits per heavy atom. The van der Waals surface area contributed by atoms with Crippen molar-refractivity contribution in [3.05, 3.63) is 28.5 Å². The molecule has 1 aromatic carbocycles. The van der Waals surface area contributed by atoms with Gasteiger partial charge in [0.25, 0.3) is 0 Å². The topological polar surface area (TPSA) is 41.0 Å². The minimum Gasteiger partial charge on any atom is -0.341 e. The lowest BCUT2D eigenvalue weighted by Gasteiger charge is -2.26. The van der Waals surface area contributed by atoms with Gasteiger partial charge in [-0.25, -0.2) is 0 Å². The fraction of sp³-hybridized carbons (Fsp3) is 0.467. The van der Waals surface area contributed by atoms with Crippen LogP contribution in [0.2, 0.25) is 0 Å². The number of imidazole rings is 1. The predicted octanol–water partition coefficient (Wildman–Crippen LogP) is 3.02. The number of carbonyl (C=O) groups excluding carboxylic acids is 1. The number of nitrogens with zero attached hydrogens (tertiary/aromatic N) is 2. The van der Waals surface area contributed by atoms with Gasteiger partial charge < -0.3 is 14.5 Å². The summed E-state index contributed by atoms with van der Waals surface area (Å²) in [5.74, 6) is 0.170. The maximum atomic E-state index is 12.4. The van der Waals surface area contributed by atoms with Gasteiger partial charge >= 0.3 is 0 Å². The average molecular weight is 289 g/mol. The van der Waals surface area contributed by atoms with Crippen LogP contribution in [0.15, 0.2) is 18.2 Å². The van der Waals surface area contributed by atoms with E-state index in [4.69, 9.17) is 12.2 Å². The maximum absolute atomic E-state index is 12.4. The second kappa shape index (κ2) is 5.40. The SMILES string of the molecule is Cc1cccc2c1[nH]c(=S)n2CC(=O)N1CCCCC1. The Hall–Kier alpha value is -1.62. The van der Waals surface area contributed by atoms with Gasteiger partial charge in [0.1, 0.15) is 6.54 Å². The van der Waals surface area contributed by atoms with Crippen LogP contribution in [-0.2, 0) is 11.3 Å². The third-order valence-corrected chi connectivity index (χ3v) is 4.34. The number of carbonyl (C=O) groups is 1. The van der Waals surface area contributed by atoms with Crippen LogP contribution in [0.5, 0.6) is 0 Å². The molecule has 5 heteroatoms. The number of fused-ring (bicyclic) bond motifs is 1. The fourth-order valence-corrected chi connectivity index (χ4v) is 3.12. The summed E-state index contributed by atoms with van der Waals surface area (Å²) in [7, 11) is 0. The standard InChI is InChI=1S/C15H19N3OS/c1-11-6-5-7-12-14(11)16-15(20)18(12)10-13(19)17-8-3-2-4-9-17/h5-7H,2-4,8-10H2,1H3,(H,16,20). The first-order valence-corrected chi connectivity index (χ1v) is 7.53. The van der Waals surface area contributed by atoms with Crippen molar-refractivity contribution in [3.8, 4) is 0 Å². The highest BCUT2D eigenvalue weighted by atomic mass is 32.1. The molecular weight excluding hydrogens is 270 g/mol. The third kappa shape index (κ3) is 2.38. The lowest BCUT2D eigenvalue weighted by molar-refractivity contribution is -0.132. The number of benzene rings is 1. The highest BCUT2D eigenvalue weighted by Gasteiger charge is 2.18. The van der Waals surface area contributed by atoms with Gasteiger partial charge in [-0.2, -0.15) is 0 Å². The van der Waals surface area contributed by atoms with Crippen LogP contribution in [0.3, 0.4) is 0 Å². The summed E-state index contributed by atoms with van der Waals surface area (Å²) in [6, 6.07) is 6.06. The minimum atomic E-state index is 0.170. The molecule has 1 N–H and O–H groups in total. The highest BCUT2D eigenvalue weighted by Crippen LogP contribution is 2.18. The van der Waals surface area contributed by atoms with E-state index in [9.17, 15) is 4.79 Å². The van der Waals surface area contributed by atoms with Crippen molar-refractivity contribution in [1.29, 1.82) is 0 Å². The number of para-hydroxylation sites is 1. The zero-order chi connectivity index (χ0) is 14.1. The molecule has 1 aromatic heterocycles. The summed E-state index contributed by atoms with van der Waals surface area (Å²) >= 11 is 5.37. The molecule has 0 radical (unpaired) electrons. The highest BCUT2D eigenvalue weighted by molar-refractivity contribution is 7.71. The molecule has 0 unspecified atom stereocenters. The Morgan fingerprint density at radius 3 is 2.80 bits per heavy atom. The summed E-state index contributed by atoms with van der Waals surface area (Å²) in [5.41, 5.74) is 3.20. The molecule has 1 fully saturated rings. The van der Waals surface area contributed by atoms with Crippen LogP contribution in [0.25, 0.3) is 11.0 Å². The van der Waals surface area contributed by atoms with Crippen LogP contribution >= 0.6 is 12.2 Å². The number of piperidine rings is 1. The Kier molecular flexibility index (Phi) is 3.61. The molecule has 0 spiro atoms. The number of likely N-dealkylation sites (tertiary alicyclic amines) is 1. The molecule has 0 aliphatic carbocycles. The molecule has 0 bridgehead atoms. The van der Waals surface area contributed by atoms with Crippen LogP contribution in [0.4, 0.5) is 0 Å². The van der Waals surface area contributed by atoms with Gasteiger partial charge in [0.2, 0.25) is 5.91 Å². The molecule has 2 aromatic rings. The average Bonchev–Trinajstić information content (AvgIpc) is 2.78. The quantitative estimate of drug-likeness (QED) is 0.863. The first-order chi connectivity index (χ1) is 9.66. The van der Waals surface area contributed by atoms with Crippen LogP contribution in [0, 0.1) is 11.7 Å². The molecule has 1 amide bonds. The number of hydrogen-bond donors (Lipinski definition) is 1. The molecule has 1 aliphatic heterocycles. The van der Waals surface area contributed by atoms with Gasteiger partial charge in [0.15, 0.2) is 4.77 Å². The van der Waals surface area contributed by atoms with Gasteiger partial charge in [-0.15, -0.1) is 0 Å². The van der Waals surface area contributed by atoms with Crippen molar-refractivity contribution in [3.63, 3.8) is 0 Å². The number of aromatic nitrogens is 2. The van der Waals surface area contributed by atoms with Crippen molar-refractivity contribution in [2.75, 3.05) is 13.1 Å². The molecule has 0 saturated carbocycles. The number of rotatable bonds is 2. The Bertz CT molecular complexity index is 695. The molecule has 1 saturated heterocycles. The van der Waals surface area contributed by atoms with Gasteiger partial charge in [0, 0.05) is 13.1 Å². The summed E-state index contributed by atoms with van der Waals surface area (Å²) in [5, 5.41) is 0. The van der Waals surface area contributed by atoms with E-state index in [1.807, 2.05) is 34.6 Å². The second-order valence-corrected chi connectivity index (χ2v) is 5.81. The summed E-state index contributed by atoms with van der Waals surface area (Å²) in [6.07, 6.45) is 3.46. The number of aromatic amines is 1. The van der Waals surface area contributed by atoms with E-state index in [0.29, 0.717) is 11.3 Å². The Labute approximate surface area is 123 Å². The number of hydrogen-bond acceptors (Lipinski definition) is 2. The summed E-state index contributed by atoms with van der Waals surface area (Å²) in [6.45, 7) is 4.15. The summed E-state index contributed by atoms with van der Waals surface area (Å²) < 4.78 is 2.54. The Balaban J connectivity index is 1.90. The van der Waals surface area contributed by atoms with Gasteiger partial charge in [0.05, 0.1) is 11.0 Å². The Morgan fingerprint density at radius 2 is 2.05 bits per heavy atom. The number of amides is 1. The van der Waals surface area contributed by atoms with E-state index in [1.54, 1.807) is 0 Å². The third-order valence-electron chi connectivity index (χ3n) is 4.02. The number of nitrogens with one attached hydrogen (secondary N) is 1. The van der Waals surface area contributed by atoms with Crippen LogP contribution in [0.1, 0.15) is 24.8 Å².